The number of hydrogen-bond donors (Lipinski definition) is 0. The third-order valence-corrected chi connectivity index (χ3v) is 3.97. The molecule has 1 amide bonds. The molecule has 1 aliphatic heterocycles. The zero-order valence-electron chi connectivity index (χ0n) is 13.2. The van der Waals surface area contributed by atoms with E-state index in [-0.39, 0.29) is 11.8 Å². The van der Waals surface area contributed by atoms with Crippen LogP contribution in [0.1, 0.15) is 52.7 Å². The van der Waals surface area contributed by atoms with Gasteiger partial charge in [-0.15, -0.1) is 0 Å². The van der Waals surface area contributed by atoms with Crippen LogP contribution < -0.4 is 0 Å². The van der Waals surface area contributed by atoms with Crippen molar-refractivity contribution >= 4 is 5.91 Å². The van der Waals surface area contributed by atoms with E-state index in [2.05, 4.69) is 15.1 Å². The Kier molecular flexibility index (Phi) is 3.92. The molecule has 0 aromatic carbocycles. The van der Waals surface area contributed by atoms with Crippen molar-refractivity contribution in [3.8, 4) is 0 Å². The van der Waals surface area contributed by atoms with Crippen LogP contribution in [0.3, 0.4) is 0 Å². The summed E-state index contributed by atoms with van der Waals surface area (Å²) < 4.78 is 5.12. The zero-order valence-corrected chi connectivity index (χ0v) is 13.2. The first-order valence-corrected chi connectivity index (χ1v) is 7.64. The minimum absolute atomic E-state index is 0.0738. The molecule has 0 aliphatic carbocycles. The van der Waals surface area contributed by atoms with Crippen molar-refractivity contribution < 1.29 is 9.32 Å². The lowest BCUT2D eigenvalue weighted by Crippen LogP contribution is -2.28. The molecule has 22 heavy (non-hydrogen) atoms. The first kappa shape index (κ1) is 14.7. The summed E-state index contributed by atoms with van der Waals surface area (Å²) in [5, 5.41) is 3.86. The Labute approximate surface area is 129 Å². The summed E-state index contributed by atoms with van der Waals surface area (Å²) in [7, 11) is 0. The number of aromatic nitrogens is 3. The molecule has 0 bridgehead atoms. The van der Waals surface area contributed by atoms with Crippen molar-refractivity contribution in [1.29, 1.82) is 0 Å². The Balaban J connectivity index is 1.72. The molecule has 1 saturated heterocycles. The number of rotatable bonds is 3. The predicted octanol–water partition coefficient (Wildman–Crippen LogP) is 2.27. The van der Waals surface area contributed by atoms with Crippen LogP contribution in [0.4, 0.5) is 0 Å². The SMILES string of the molecule is CCc1cc(C(=O)N2CC[C@@H](c3nc(C)cc(C)n3)C2)no1. The van der Waals surface area contributed by atoms with Gasteiger partial charge in [0.2, 0.25) is 0 Å². The van der Waals surface area contributed by atoms with E-state index in [0.29, 0.717) is 18.8 Å². The molecule has 2 aromatic heterocycles. The van der Waals surface area contributed by atoms with Crippen LogP contribution in [0.25, 0.3) is 0 Å². The number of carbonyl (C=O) groups is 1. The van der Waals surface area contributed by atoms with Crippen LogP contribution in [0, 0.1) is 13.8 Å². The van der Waals surface area contributed by atoms with Crippen LogP contribution >= 0.6 is 0 Å². The maximum absolute atomic E-state index is 12.4. The normalized spacial score (nSPS) is 18.0. The molecule has 0 saturated carbocycles. The van der Waals surface area contributed by atoms with E-state index in [0.717, 1.165) is 35.8 Å². The highest BCUT2D eigenvalue weighted by Crippen LogP contribution is 2.26. The monoisotopic (exact) mass is 300 g/mol. The largest absolute Gasteiger partial charge is 0.361 e. The molecule has 2 aromatic rings. The van der Waals surface area contributed by atoms with Crippen LogP contribution in [0.5, 0.6) is 0 Å². The van der Waals surface area contributed by atoms with Gasteiger partial charge in [0, 0.05) is 42.9 Å². The molecule has 0 spiro atoms. The summed E-state index contributed by atoms with van der Waals surface area (Å²) in [6.07, 6.45) is 1.62. The van der Waals surface area contributed by atoms with Gasteiger partial charge in [-0.25, -0.2) is 9.97 Å². The standard InChI is InChI=1S/C16H20N4O2/c1-4-13-8-14(19-22-13)16(21)20-6-5-12(9-20)15-17-10(2)7-11(3)18-15/h7-8,12H,4-6,9H2,1-3H3/t12-/m1/s1. The Morgan fingerprint density at radius 3 is 2.68 bits per heavy atom. The van der Waals surface area contributed by atoms with Gasteiger partial charge in [0.1, 0.15) is 11.6 Å². The van der Waals surface area contributed by atoms with E-state index in [4.69, 9.17) is 4.52 Å². The smallest absolute Gasteiger partial charge is 0.276 e. The average Bonchev–Trinajstić information content (AvgIpc) is 3.15. The Morgan fingerprint density at radius 2 is 2.05 bits per heavy atom. The molecule has 3 heterocycles. The minimum Gasteiger partial charge on any atom is -0.361 e. The summed E-state index contributed by atoms with van der Waals surface area (Å²) in [5.41, 5.74) is 2.33. The molecule has 6 heteroatoms. The average molecular weight is 300 g/mol. The highest BCUT2D eigenvalue weighted by molar-refractivity contribution is 5.92. The third kappa shape index (κ3) is 2.86. The van der Waals surface area contributed by atoms with Crippen LogP contribution in [-0.2, 0) is 6.42 Å². The minimum atomic E-state index is -0.0738. The van der Waals surface area contributed by atoms with Crippen LogP contribution in [0.2, 0.25) is 0 Å². The zero-order chi connectivity index (χ0) is 15.7. The van der Waals surface area contributed by atoms with Crippen molar-refractivity contribution in [3.05, 3.63) is 40.8 Å². The molecule has 0 unspecified atom stereocenters. The molecule has 1 aliphatic rings. The summed E-state index contributed by atoms with van der Waals surface area (Å²) in [4.78, 5) is 23.3. The second-order valence-corrected chi connectivity index (χ2v) is 5.78. The molecule has 6 nitrogen and oxygen atoms in total. The highest BCUT2D eigenvalue weighted by atomic mass is 16.5. The van der Waals surface area contributed by atoms with E-state index in [9.17, 15) is 4.79 Å². The summed E-state index contributed by atoms with van der Waals surface area (Å²) in [6.45, 7) is 7.25. The lowest BCUT2D eigenvalue weighted by molar-refractivity contribution is 0.0780. The van der Waals surface area contributed by atoms with Crippen molar-refractivity contribution in [1.82, 2.24) is 20.0 Å². The number of nitrogens with zero attached hydrogens (tertiary/aromatic N) is 4. The van der Waals surface area contributed by atoms with E-state index >= 15 is 0 Å². The van der Waals surface area contributed by atoms with Gasteiger partial charge < -0.3 is 9.42 Å². The molecule has 116 valence electrons. The summed E-state index contributed by atoms with van der Waals surface area (Å²) in [6, 6.07) is 3.69. The van der Waals surface area contributed by atoms with E-state index < -0.39 is 0 Å². The van der Waals surface area contributed by atoms with Gasteiger partial charge in [0.25, 0.3) is 5.91 Å². The number of hydrogen-bond acceptors (Lipinski definition) is 5. The quantitative estimate of drug-likeness (QED) is 0.869. The van der Waals surface area contributed by atoms with Crippen molar-refractivity contribution in [2.45, 2.75) is 39.5 Å². The molecule has 3 rings (SSSR count). The number of aryl methyl sites for hydroxylation is 3. The first-order chi connectivity index (χ1) is 10.6. The molecule has 0 radical (unpaired) electrons. The number of likely N-dealkylation sites (tertiary alicyclic amines) is 1. The van der Waals surface area contributed by atoms with Gasteiger partial charge in [-0.1, -0.05) is 12.1 Å². The van der Waals surface area contributed by atoms with Crippen LogP contribution in [0.15, 0.2) is 16.7 Å². The predicted molar refractivity (Wildman–Crippen MR) is 80.6 cm³/mol. The fourth-order valence-electron chi connectivity index (χ4n) is 2.83. The fourth-order valence-corrected chi connectivity index (χ4v) is 2.83. The first-order valence-electron chi connectivity index (χ1n) is 7.64. The van der Waals surface area contributed by atoms with Crippen molar-refractivity contribution in [2.24, 2.45) is 0 Å². The second kappa shape index (κ2) is 5.87. The lowest BCUT2D eigenvalue weighted by Gasteiger charge is -2.14. The fraction of sp³-hybridized carbons (Fsp3) is 0.500. The third-order valence-electron chi connectivity index (χ3n) is 3.97. The van der Waals surface area contributed by atoms with E-state index in [1.807, 2.05) is 31.7 Å². The number of amides is 1. The van der Waals surface area contributed by atoms with Gasteiger partial charge in [0.15, 0.2) is 5.69 Å². The van der Waals surface area contributed by atoms with Crippen molar-refractivity contribution in [2.75, 3.05) is 13.1 Å². The van der Waals surface area contributed by atoms with Gasteiger partial charge in [-0.05, 0) is 26.3 Å². The second-order valence-electron chi connectivity index (χ2n) is 5.78. The maximum Gasteiger partial charge on any atom is 0.276 e. The van der Waals surface area contributed by atoms with Gasteiger partial charge in [-0.2, -0.15) is 0 Å². The molecular formula is C16H20N4O2. The lowest BCUT2D eigenvalue weighted by atomic mass is 10.1. The Bertz CT molecular complexity index is 675. The maximum atomic E-state index is 12.4. The van der Waals surface area contributed by atoms with E-state index in [1.54, 1.807) is 6.07 Å². The van der Waals surface area contributed by atoms with Gasteiger partial charge >= 0.3 is 0 Å². The summed E-state index contributed by atoms with van der Waals surface area (Å²) >= 11 is 0. The molecule has 0 N–H and O–H groups in total. The molecule has 1 atom stereocenters. The van der Waals surface area contributed by atoms with E-state index in [1.165, 1.54) is 0 Å². The summed E-state index contributed by atoms with van der Waals surface area (Å²) in [5.74, 6) is 1.69. The van der Waals surface area contributed by atoms with Crippen molar-refractivity contribution in [3.63, 3.8) is 0 Å². The van der Waals surface area contributed by atoms with Gasteiger partial charge in [0.05, 0.1) is 0 Å². The Hall–Kier alpha value is -2.24. The van der Waals surface area contributed by atoms with Crippen LogP contribution in [-0.4, -0.2) is 39.0 Å². The Morgan fingerprint density at radius 1 is 1.32 bits per heavy atom. The number of carbonyl (C=O) groups excluding carboxylic acids is 1. The highest BCUT2D eigenvalue weighted by Gasteiger charge is 2.31. The molecular weight excluding hydrogens is 280 g/mol. The topological polar surface area (TPSA) is 72.1 Å². The molecule has 1 fully saturated rings. The van der Waals surface area contributed by atoms with Gasteiger partial charge in [-0.3, -0.25) is 4.79 Å².